The number of terminal acetylenes is 1. The van der Waals surface area contributed by atoms with E-state index in [1.165, 1.54) is 18.3 Å². The Bertz CT molecular complexity index is 3230. The number of hydrogen-bond donors (Lipinski definition) is 4. The van der Waals surface area contributed by atoms with Crippen LogP contribution in [0.1, 0.15) is 133 Å². The first-order valence-corrected chi connectivity index (χ1v) is 34.1. The molecule has 4 heterocycles. The maximum atomic E-state index is 14.5. The summed E-state index contributed by atoms with van der Waals surface area (Å²) >= 11 is 0. The molecule has 2 saturated heterocycles. The predicted octanol–water partition coefficient (Wildman–Crippen LogP) is 6.72. The van der Waals surface area contributed by atoms with Crippen LogP contribution in [0, 0.1) is 47.9 Å². The van der Waals surface area contributed by atoms with Gasteiger partial charge in [0, 0.05) is 95.4 Å². The highest BCUT2D eigenvalue weighted by molar-refractivity contribution is 6.39. The monoisotopic (exact) mass is 1390 g/mol. The summed E-state index contributed by atoms with van der Waals surface area (Å²) in [6, 6.07) is 10.1. The lowest BCUT2D eigenvalue weighted by molar-refractivity contribution is -0.265. The van der Waals surface area contributed by atoms with Gasteiger partial charge in [-0.1, -0.05) is 83.1 Å². The number of hydrogen-bond acceptors (Lipinski definition) is 21. The van der Waals surface area contributed by atoms with Crippen LogP contribution in [-0.4, -0.2) is 196 Å². The average molecular weight is 1390 g/mol. The maximum Gasteiger partial charge on any atom is 1.00 e. The van der Waals surface area contributed by atoms with Gasteiger partial charge in [0.1, 0.15) is 55.5 Å². The van der Waals surface area contributed by atoms with Crippen molar-refractivity contribution in [2.75, 3.05) is 87.1 Å². The molecule has 4 aliphatic rings. The summed E-state index contributed by atoms with van der Waals surface area (Å²) in [5, 5.41) is 36.9. The van der Waals surface area contributed by atoms with Gasteiger partial charge in [0.05, 0.1) is 56.4 Å². The van der Waals surface area contributed by atoms with Crippen molar-refractivity contribution in [3.8, 4) is 23.8 Å². The molecule has 98 heavy (non-hydrogen) atoms. The van der Waals surface area contributed by atoms with E-state index in [1.54, 1.807) is 55.3 Å². The molecule has 7 rings (SSSR count). The van der Waals surface area contributed by atoms with Gasteiger partial charge >= 0.3 is 7.40 Å². The van der Waals surface area contributed by atoms with E-state index < -0.39 is 77.8 Å². The fourth-order valence-electron chi connectivity index (χ4n) is 13.2. The molecule has 15 atom stereocenters. The number of methoxy groups -OCH3 is 5. The van der Waals surface area contributed by atoms with Crippen molar-refractivity contribution in [1.82, 2.24) is 14.9 Å². The lowest BCUT2D eigenvalue weighted by atomic mass is 9.78. The quantitative estimate of drug-likeness (QED) is 0.0319. The summed E-state index contributed by atoms with van der Waals surface area (Å²) < 4.78 is 57.4. The Balaban J connectivity index is 0.000000558. The first-order chi connectivity index (χ1) is 46.5. The number of allylic oxidation sites excluding steroid dienone is 6. The highest BCUT2D eigenvalue weighted by Gasteiger charge is 2.53. The molecule has 1 aromatic heterocycles. The molecule has 3 aromatic rings. The van der Waals surface area contributed by atoms with Gasteiger partial charge in [-0.3, -0.25) is 19.2 Å². The first kappa shape index (κ1) is 82.2. The summed E-state index contributed by atoms with van der Waals surface area (Å²) in [4.78, 5) is 80.9. The number of nitrogens with one attached hydrogen (secondary N) is 1. The molecule has 4 N–H and O–H groups in total. The molecule has 1 saturated carbocycles. The number of rotatable bonds is 19. The number of cyclic esters (lactones) is 1. The molecule has 23 heteroatoms. The van der Waals surface area contributed by atoms with E-state index in [1.807, 2.05) is 94.5 Å². The molecule has 2 bridgehead atoms. The number of anilines is 2. The number of carbonyl (C=O) groups excluding carboxylic acids is 5. The van der Waals surface area contributed by atoms with Crippen LogP contribution in [0.25, 0.3) is 10.9 Å². The number of nitrogens with zero attached hydrogens (tertiary/aromatic N) is 3. The van der Waals surface area contributed by atoms with Gasteiger partial charge in [0.25, 0.3) is 11.7 Å². The third kappa shape index (κ3) is 23.3. The fraction of sp³-hybridized carbons (Fsp3) is 0.613. The van der Waals surface area contributed by atoms with E-state index in [-0.39, 0.29) is 88.0 Å². The molecule has 1 amide bonds. The van der Waals surface area contributed by atoms with E-state index in [2.05, 4.69) is 21.2 Å². The zero-order valence-electron chi connectivity index (χ0n) is 60.3. The minimum atomic E-state index is -2.43. The summed E-state index contributed by atoms with van der Waals surface area (Å²) in [6.07, 6.45) is 19.0. The van der Waals surface area contributed by atoms with Crippen molar-refractivity contribution in [1.29, 1.82) is 0 Å². The van der Waals surface area contributed by atoms with Gasteiger partial charge in [-0.2, -0.15) is 0 Å². The number of ether oxygens (including phenoxy) is 10. The first-order valence-electron chi connectivity index (χ1n) is 34.1. The van der Waals surface area contributed by atoms with Crippen LogP contribution < -0.4 is 27.2 Å². The van der Waals surface area contributed by atoms with Gasteiger partial charge < -0.3 is 85.3 Å². The number of aliphatic hydroxyl groups excluding tert-OH is 2. The molecule has 3 aliphatic heterocycles. The molecule has 1 aliphatic carbocycles. The molecule has 22 nitrogen and oxygen atoms in total. The number of aromatic nitrogens is 2. The smallest absolute Gasteiger partial charge is 1.00 e. The van der Waals surface area contributed by atoms with Crippen LogP contribution >= 0.6 is 0 Å². The second-order valence-corrected chi connectivity index (χ2v) is 26.2. The number of piperidine rings is 1. The summed E-state index contributed by atoms with van der Waals surface area (Å²) in [7, 11) is 7.83. The third-order valence-corrected chi connectivity index (χ3v) is 19.0. The number of fused-ring (bicyclic) bond motifs is 4. The predicted molar refractivity (Wildman–Crippen MR) is 369 cm³/mol. The van der Waals surface area contributed by atoms with Crippen molar-refractivity contribution < 1.29 is 100 Å². The summed E-state index contributed by atoms with van der Waals surface area (Å²) in [6.45, 7) is 14.6. The Hall–Kier alpha value is -6.46. The largest absolute Gasteiger partial charge is 1.00 e. The second kappa shape index (κ2) is 41.3. The van der Waals surface area contributed by atoms with Gasteiger partial charge in [-0.05, 0) is 131 Å². The fourth-order valence-corrected chi connectivity index (χ4v) is 13.2. The third-order valence-electron chi connectivity index (χ3n) is 19.0. The minimum absolute atomic E-state index is 0. The number of halogens is 1. The van der Waals surface area contributed by atoms with Crippen molar-refractivity contribution >= 4 is 51.6 Å². The number of carbonyl (C=O) groups is 5. The normalized spacial score (nSPS) is 29.4. The molecule has 0 radical (unpaired) electrons. The van der Waals surface area contributed by atoms with Gasteiger partial charge in [0.2, 0.25) is 5.79 Å². The van der Waals surface area contributed by atoms with Gasteiger partial charge in [-0.25, -0.2) is 14.8 Å². The molecule has 0 spiro atoms. The zero-order chi connectivity index (χ0) is 70.8. The van der Waals surface area contributed by atoms with Crippen LogP contribution in [-0.2, 0) is 61.9 Å². The number of Topliss-reactive ketones (excluding diaryl/α,β-unsaturated/α-hetero) is 3. The van der Waals surface area contributed by atoms with E-state index in [9.17, 15) is 39.3 Å². The van der Waals surface area contributed by atoms with E-state index in [0.29, 0.717) is 107 Å². The Kier molecular flexibility index (Phi) is 34.7. The summed E-state index contributed by atoms with van der Waals surface area (Å²) in [5.74, 6) is -3.52. The van der Waals surface area contributed by atoms with Crippen LogP contribution in [0.2, 0.25) is 0 Å². The van der Waals surface area contributed by atoms with E-state index in [0.717, 1.165) is 34.1 Å². The Labute approximate surface area is 586 Å². The number of aliphatic hydroxyl groups is 3. The standard InChI is InChI=1S/C53H83NO14.C22H23N3O4.ClH/c1-32-16-12-11-13-17-33(2)44(63-8)30-40-21-19-38(7)53(62,68-40)50(59)51(60)54-23-15-14-18-41(54)52(61)67-45(35(4)28-39-20-22-43(66-25-24-55)46(29-39)64-9)31-42(56)34(3)27-37(6)48(58)49(65-10)47(57)36(5)26-32;1-4-16-6-5-7-17(12-16)25-22-18-13-20(28-10-8-26-2)21(29-11-9-27-3)14-19(18)23-15-24-22;/h11-13,16-17,27,32,34-36,38-41,43-46,48-49,55,58,62H,14-15,18-26,28-31H2,1-10H3;1,5-7,12-15H,8-11H2,2-3H3,(H,23,24,25);1H/b13-11?,16-12-,33-17?,37-27-;;/t32-,34-,35-,36-,38-,39+,40+,41+,43-,44+,45+,46-,48-,49+,53-;;/m1../s1. The Morgan fingerprint density at radius 3 is 2.21 bits per heavy atom. The second-order valence-electron chi connectivity index (χ2n) is 26.2. The topological polar surface area (TPSA) is 279 Å². The van der Waals surface area contributed by atoms with Crippen LogP contribution in [0.5, 0.6) is 11.5 Å². The lowest BCUT2D eigenvalue weighted by Crippen LogP contribution is -3.00. The van der Waals surface area contributed by atoms with E-state index in [4.69, 9.17) is 53.8 Å². The molecule has 0 unspecified atom stereocenters. The molecule has 3 fully saturated rings. The van der Waals surface area contributed by atoms with Crippen molar-refractivity contribution in [3.63, 3.8) is 0 Å². The number of ketones is 3. The highest BCUT2D eigenvalue weighted by Crippen LogP contribution is 2.39. The van der Waals surface area contributed by atoms with Gasteiger partial charge in [0.15, 0.2) is 17.3 Å². The molecule has 542 valence electrons. The van der Waals surface area contributed by atoms with Gasteiger partial charge in [-0.15, -0.1) is 6.42 Å². The summed E-state index contributed by atoms with van der Waals surface area (Å²) in [5.41, 5.74) is 3.61. The SMILES string of the molecule is C#Cc1cccc(Nc2ncnc3cc(OCCOC)c(OCCOC)cc23)c1.CO[C@H]1C[C@@H]2CC[C@@H](C)[C@@](O)(O2)C(=O)C(=O)N2CCCC[C@H]2C(=O)O[C@H]([C@H](C)C[C@@H]2CC[C@@H](OCCO)[C@H](OC)C2)CC(=O)[C@H](C)/C=C(/C)[C@@H](O)[C@@H](OC)C(=O)[C@H](C)C[C@H](C)/C=C\C=CC=C1C.[Cl-].[H+]. The van der Waals surface area contributed by atoms with Crippen LogP contribution in [0.3, 0.4) is 0 Å². The molecule has 2 aromatic carbocycles. The van der Waals surface area contributed by atoms with Crippen LogP contribution in [0.15, 0.2) is 90.3 Å². The maximum absolute atomic E-state index is 14.5. The van der Waals surface area contributed by atoms with Crippen molar-refractivity contribution in [2.45, 2.75) is 180 Å². The average Bonchev–Trinajstić information content (AvgIpc) is 0.802. The van der Waals surface area contributed by atoms with E-state index >= 15 is 0 Å². The molecular weight excluding hydrogens is 1280 g/mol. The zero-order valence-corrected chi connectivity index (χ0v) is 60.0. The number of esters is 1. The Morgan fingerprint density at radius 1 is 0.816 bits per heavy atom. The highest BCUT2D eigenvalue weighted by atomic mass is 35.5. The Morgan fingerprint density at radius 2 is 1.54 bits per heavy atom. The number of amides is 1. The lowest BCUT2D eigenvalue weighted by Gasteiger charge is -2.42. The van der Waals surface area contributed by atoms with Crippen LogP contribution in [0.4, 0.5) is 11.5 Å². The minimum Gasteiger partial charge on any atom is -1.00 e. The number of benzene rings is 2. The van der Waals surface area contributed by atoms with Crippen molar-refractivity contribution in [2.24, 2.45) is 35.5 Å². The van der Waals surface area contributed by atoms with Crippen molar-refractivity contribution in [3.05, 3.63) is 95.9 Å². The molecular formula is C75H107ClN4O18.